The minimum absolute atomic E-state index is 0.193. The lowest BCUT2D eigenvalue weighted by molar-refractivity contribution is -0.138. The Bertz CT molecular complexity index is 579. The Labute approximate surface area is 159 Å². The number of carboxylic acids is 1. The molecule has 0 aromatic rings. The van der Waals surface area contributed by atoms with Crippen LogP contribution in [0.4, 0.5) is 0 Å². The van der Waals surface area contributed by atoms with Gasteiger partial charge in [-0.3, -0.25) is 14.4 Å². The molecule has 0 bridgehead atoms. The average Bonchev–Trinajstić information content (AvgIpc) is 2.61. The molecule has 2 amide bonds. The SMILES string of the molecule is C1CCC(OC2CCC2)CC1.CN1CCC(O)=C(C(=O)NCC(=O)O)C1=O. The van der Waals surface area contributed by atoms with Crippen molar-refractivity contribution in [2.24, 2.45) is 0 Å². The number of likely N-dealkylation sites (N-methyl/N-ethyl adjacent to an activating group) is 1. The van der Waals surface area contributed by atoms with Crippen LogP contribution < -0.4 is 5.32 Å². The van der Waals surface area contributed by atoms with E-state index >= 15 is 0 Å². The number of nitrogens with one attached hydrogen (secondary N) is 1. The maximum atomic E-state index is 11.5. The van der Waals surface area contributed by atoms with Crippen LogP contribution in [-0.2, 0) is 19.1 Å². The summed E-state index contributed by atoms with van der Waals surface area (Å²) in [6, 6.07) is 0. The van der Waals surface area contributed by atoms with Crippen LogP contribution in [0.15, 0.2) is 11.3 Å². The van der Waals surface area contributed by atoms with E-state index in [1.165, 1.54) is 63.3 Å². The second-order valence-electron chi connectivity index (χ2n) is 7.32. The van der Waals surface area contributed by atoms with Crippen molar-refractivity contribution in [1.82, 2.24) is 10.2 Å². The van der Waals surface area contributed by atoms with Gasteiger partial charge in [0.15, 0.2) is 0 Å². The van der Waals surface area contributed by atoms with Gasteiger partial charge in [-0.2, -0.15) is 0 Å². The van der Waals surface area contributed by atoms with Gasteiger partial charge in [-0.15, -0.1) is 0 Å². The zero-order valence-electron chi connectivity index (χ0n) is 15.9. The van der Waals surface area contributed by atoms with Crippen LogP contribution in [0.1, 0.15) is 57.8 Å². The van der Waals surface area contributed by atoms with Gasteiger partial charge < -0.3 is 25.2 Å². The van der Waals surface area contributed by atoms with E-state index in [-0.39, 0.29) is 17.8 Å². The molecule has 0 aromatic carbocycles. The fourth-order valence-corrected chi connectivity index (χ4v) is 3.27. The van der Waals surface area contributed by atoms with E-state index in [0.717, 1.165) is 0 Å². The first-order valence-electron chi connectivity index (χ1n) is 9.71. The highest BCUT2D eigenvalue weighted by atomic mass is 16.5. The molecule has 2 fully saturated rings. The smallest absolute Gasteiger partial charge is 0.322 e. The van der Waals surface area contributed by atoms with Gasteiger partial charge in [0.2, 0.25) is 0 Å². The number of carboxylic acid groups (broad SMARTS) is 1. The summed E-state index contributed by atoms with van der Waals surface area (Å²) < 4.78 is 5.93. The first kappa shape index (κ1) is 21.2. The first-order chi connectivity index (χ1) is 12.9. The third-order valence-electron chi connectivity index (χ3n) is 5.15. The second-order valence-corrected chi connectivity index (χ2v) is 7.32. The van der Waals surface area contributed by atoms with Crippen molar-refractivity contribution in [2.45, 2.75) is 70.0 Å². The van der Waals surface area contributed by atoms with Crippen molar-refractivity contribution < 1.29 is 29.3 Å². The molecule has 0 aromatic heterocycles. The summed E-state index contributed by atoms with van der Waals surface area (Å²) in [4.78, 5) is 34.5. The van der Waals surface area contributed by atoms with Gasteiger partial charge >= 0.3 is 5.97 Å². The van der Waals surface area contributed by atoms with E-state index in [0.29, 0.717) is 18.8 Å². The van der Waals surface area contributed by atoms with Crippen LogP contribution in [0.3, 0.4) is 0 Å². The maximum absolute atomic E-state index is 11.5. The molecule has 8 heteroatoms. The molecule has 0 radical (unpaired) electrons. The molecule has 0 saturated heterocycles. The lowest BCUT2D eigenvalue weighted by Crippen LogP contribution is -2.41. The molecule has 3 aliphatic rings. The molecule has 0 unspecified atom stereocenters. The minimum Gasteiger partial charge on any atom is -0.511 e. The van der Waals surface area contributed by atoms with Gasteiger partial charge in [0.1, 0.15) is 17.9 Å². The number of aliphatic hydroxyl groups is 1. The molecule has 1 heterocycles. The van der Waals surface area contributed by atoms with Crippen LogP contribution in [0, 0.1) is 0 Å². The van der Waals surface area contributed by atoms with Gasteiger partial charge in [-0.1, -0.05) is 19.3 Å². The summed E-state index contributed by atoms with van der Waals surface area (Å²) in [6.45, 7) is -0.257. The Balaban J connectivity index is 0.000000206. The number of nitrogens with zero attached hydrogens (tertiary/aromatic N) is 1. The normalized spacial score (nSPS) is 21.2. The van der Waals surface area contributed by atoms with E-state index in [4.69, 9.17) is 9.84 Å². The number of rotatable bonds is 5. The zero-order valence-corrected chi connectivity index (χ0v) is 15.9. The number of ether oxygens (including phenoxy) is 1. The maximum Gasteiger partial charge on any atom is 0.322 e. The summed E-state index contributed by atoms with van der Waals surface area (Å²) in [5, 5.41) is 19.8. The van der Waals surface area contributed by atoms with Crippen molar-refractivity contribution >= 4 is 17.8 Å². The summed E-state index contributed by atoms with van der Waals surface area (Å²) in [6.07, 6.45) is 12.4. The first-order valence-corrected chi connectivity index (χ1v) is 9.71. The number of aliphatic carboxylic acids is 1. The molecule has 0 atom stereocenters. The van der Waals surface area contributed by atoms with Gasteiger partial charge in [-0.05, 0) is 32.1 Å². The molecule has 27 heavy (non-hydrogen) atoms. The van der Waals surface area contributed by atoms with E-state index in [2.05, 4.69) is 0 Å². The monoisotopic (exact) mass is 382 g/mol. The number of hydrogen-bond acceptors (Lipinski definition) is 5. The molecule has 3 N–H and O–H groups in total. The van der Waals surface area contributed by atoms with E-state index in [1.807, 2.05) is 5.32 Å². The number of carbonyl (C=O) groups excluding carboxylic acids is 2. The highest BCUT2D eigenvalue weighted by Gasteiger charge is 2.30. The fourth-order valence-electron chi connectivity index (χ4n) is 3.27. The zero-order chi connectivity index (χ0) is 19.8. The van der Waals surface area contributed by atoms with Gasteiger partial charge in [-0.25, -0.2) is 0 Å². The standard InChI is InChI=1S/C10H18O.C9H12N2O5/c1-2-5-9(6-3-1)11-10-7-4-8-10;1-11-3-2-5(12)7(9(11)16)8(15)10-4-6(13)14/h9-10H,1-8H2;12H,2-4H2,1H3,(H,10,15)(H,13,14). The molecular weight excluding hydrogens is 352 g/mol. The molecule has 152 valence electrons. The minimum atomic E-state index is -1.22. The summed E-state index contributed by atoms with van der Waals surface area (Å²) in [7, 11) is 1.50. The predicted octanol–water partition coefficient (Wildman–Crippen LogP) is 1.75. The van der Waals surface area contributed by atoms with Crippen LogP contribution in [0.25, 0.3) is 0 Å². The Morgan fingerprint density at radius 3 is 2.22 bits per heavy atom. The summed E-state index contributed by atoms with van der Waals surface area (Å²) in [5.74, 6) is -2.99. The Morgan fingerprint density at radius 2 is 1.70 bits per heavy atom. The highest BCUT2D eigenvalue weighted by molar-refractivity contribution is 6.19. The van der Waals surface area contributed by atoms with E-state index < -0.39 is 24.3 Å². The van der Waals surface area contributed by atoms with Gasteiger partial charge in [0.05, 0.1) is 12.2 Å². The largest absolute Gasteiger partial charge is 0.511 e. The molecule has 2 saturated carbocycles. The molecule has 0 spiro atoms. The fraction of sp³-hybridized carbons (Fsp3) is 0.737. The quantitative estimate of drug-likeness (QED) is 0.624. The number of aliphatic hydroxyl groups excluding tert-OH is 1. The van der Waals surface area contributed by atoms with E-state index in [9.17, 15) is 19.5 Å². The number of hydrogen-bond donors (Lipinski definition) is 3. The summed E-state index contributed by atoms with van der Waals surface area (Å²) >= 11 is 0. The van der Waals surface area contributed by atoms with Crippen molar-refractivity contribution in [3.8, 4) is 0 Å². The van der Waals surface area contributed by atoms with Crippen LogP contribution >= 0.6 is 0 Å². The Hall–Kier alpha value is -2.09. The molecule has 3 rings (SSSR count). The van der Waals surface area contributed by atoms with Crippen LogP contribution in [-0.4, -0.2) is 65.2 Å². The highest BCUT2D eigenvalue weighted by Crippen LogP contribution is 2.28. The van der Waals surface area contributed by atoms with Crippen molar-refractivity contribution in [2.75, 3.05) is 20.1 Å². The Morgan fingerprint density at radius 1 is 1.11 bits per heavy atom. The average molecular weight is 382 g/mol. The van der Waals surface area contributed by atoms with Gasteiger partial charge in [0, 0.05) is 20.0 Å². The number of amides is 2. The Kier molecular flexibility index (Phi) is 8.09. The predicted molar refractivity (Wildman–Crippen MR) is 98.2 cm³/mol. The number of carbonyl (C=O) groups is 3. The molecule has 8 nitrogen and oxygen atoms in total. The lowest BCUT2D eigenvalue weighted by Gasteiger charge is -2.32. The van der Waals surface area contributed by atoms with Crippen LogP contribution in [0.2, 0.25) is 0 Å². The lowest BCUT2D eigenvalue weighted by atomic mass is 9.93. The molecule has 1 aliphatic heterocycles. The molecule has 2 aliphatic carbocycles. The third kappa shape index (κ3) is 6.53. The van der Waals surface area contributed by atoms with Gasteiger partial charge in [0.25, 0.3) is 11.8 Å². The van der Waals surface area contributed by atoms with E-state index in [1.54, 1.807) is 0 Å². The topological polar surface area (TPSA) is 116 Å². The van der Waals surface area contributed by atoms with Crippen molar-refractivity contribution in [3.63, 3.8) is 0 Å². The van der Waals surface area contributed by atoms with Crippen LogP contribution in [0.5, 0.6) is 0 Å². The summed E-state index contributed by atoms with van der Waals surface area (Å²) in [5.41, 5.74) is -0.380. The van der Waals surface area contributed by atoms with Crippen molar-refractivity contribution in [1.29, 1.82) is 0 Å². The third-order valence-corrected chi connectivity index (χ3v) is 5.15. The second kappa shape index (κ2) is 10.3. The molecular formula is C19H30N2O6. The van der Waals surface area contributed by atoms with Crippen molar-refractivity contribution in [3.05, 3.63) is 11.3 Å².